The fraction of sp³-hybridized carbons (Fsp3) is 0.111. The normalized spacial score (nSPS) is 10.3. The van der Waals surface area contributed by atoms with Gasteiger partial charge in [-0.3, -0.25) is 4.98 Å². The first-order valence-corrected chi connectivity index (χ1v) is 5.05. The van der Waals surface area contributed by atoms with Crippen LogP contribution in [0.5, 0.6) is 0 Å². The maximum absolute atomic E-state index is 5.74. The van der Waals surface area contributed by atoms with Gasteiger partial charge < -0.3 is 0 Å². The molecule has 0 fully saturated rings. The van der Waals surface area contributed by atoms with E-state index in [1.54, 1.807) is 6.20 Å². The summed E-state index contributed by atoms with van der Waals surface area (Å²) in [6.45, 7) is 2.03. The Balaban J connectivity index is 2.52. The van der Waals surface area contributed by atoms with Crippen molar-refractivity contribution in [3.05, 3.63) is 34.6 Å². The summed E-state index contributed by atoms with van der Waals surface area (Å²) in [5.41, 5.74) is 2.22. The topological polar surface area (TPSA) is 25.8 Å². The minimum Gasteiger partial charge on any atom is -0.264 e. The summed E-state index contributed by atoms with van der Waals surface area (Å²) in [5, 5.41) is 3.29. The molecule has 2 heterocycles. The first-order valence-electron chi connectivity index (χ1n) is 3.79. The van der Waals surface area contributed by atoms with Crippen molar-refractivity contribution >= 4 is 22.9 Å². The van der Waals surface area contributed by atoms with Crippen LogP contribution in [0.1, 0.15) is 5.56 Å². The number of hydrogen-bond acceptors (Lipinski definition) is 3. The van der Waals surface area contributed by atoms with E-state index in [9.17, 15) is 0 Å². The number of halogens is 1. The summed E-state index contributed by atoms with van der Waals surface area (Å²) in [4.78, 5) is 8.24. The molecule has 0 radical (unpaired) electrons. The summed E-state index contributed by atoms with van der Waals surface area (Å²) in [6, 6.07) is 1.96. The number of nitrogens with zero attached hydrogens (tertiary/aromatic N) is 2. The highest BCUT2D eigenvalue weighted by atomic mass is 35.5. The molecule has 2 rings (SSSR count). The molecule has 0 bridgehead atoms. The van der Waals surface area contributed by atoms with E-state index in [0.717, 1.165) is 10.6 Å². The number of thiazole rings is 1. The van der Waals surface area contributed by atoms with Crippen LogP contribution in [0.15, 0.2) is 23.8 Å². The molecule has 0 saturated carbocycles. The van der Waals surface area contributed by atoms with Crippen LogP contribution in [-0.2, 0) is 0 Å². The largest absolute Gasteiger partial charge is 0.264 e. The molecule has 2 aromatic rings. The van der Waals surface area contributed by atoms with Crippen LogP contribution in [0.3, 0.4) is 0 Å². The van der Waals surface area contributed by atoms with Gasteiger partial charge in [-0.25, -0.2) is 4.98 Å². The number of aromatic nitrogens is 2. The lowest BCUT2D eigenvalue weighted by atomic mass is 10.2. The Hall–Kier alpha value is -0.930. The first kappa shape index (κ1) is 8.66. The molecule has 0 unspecified atom stereocenters. The van der Waals surface area contributed by atoms with Gasteiger partial charge in [-0.05, 0) is 18.6 Å². The van der Waals surface area contributed by atoms with Crippen molar-refractivity contribution in [3.8, 4) is 10.6 Å². The van der Waals surface area contributed by atoms with Gasteiger partial charge in [0.05, 0.1) is 0 Å². The van der Waals surface area contributed by atoms with Gasteiger partial charge in [0, 0.05) is 23.3 Å². The summed E-state index contributed by atoms with van der Waals surface area (Å²) >= 11 is 7.28. The average molecular weight is 211 g/mol. The molecule has 0 N–H and O–H groups in total. The molecule has 2 aromatic heterocycles. The second-order valence-corrected chi connectivity index (χ2v) is 3.91. The van der Waals surface area contributed by atoms with Gasteiger partial charge in [-0.1, -0.05) is 11.6 Å². The highest BCUT2D eigenvalue weighted by Crippen LogP contribution is 2.27. The van der Waals surface area contributed by atoms with Crippen molar-refractivity contribution < 1.29 is 0 Å². The summed E-state index contributed by atoms with van der Waals surface area (Å²) in [7, 11) is 0. The molecule has 0 aliphatic rings. The van der Waals surface area contributed by atoms with Gasteiger partial charge in [0.1, 0.15) is 10.2 Å². The zero-order valence-electron chi connectivity index (χ0n) is 6.99. The number of hydrogen-bond donors (Lipinski definition) is 0. The third kappa shape index (κ3) is 1.71. The highest BCUT2D eigenvalue weighted by molar-refractivity contribution is 7.13. The van der Waals surface area contributed by atoms with Crippen molar-refractivity contribution in [1.82, 2.24) is 9.97 Å². The number of pyridine rings is 1. The van der Waals surface area contributed by atoms with Crippen LogP contribution in [0.2, 0.25) is 5.15 Å². The maximum atomic E-state index is 5.74. The molecule has 66 valence electrons. The summed E-state index contributed by atoms with van der Waals surface area (Å²) < 4.78 is 0. The van der Waals surface area contributed by atoms with Gasteiger partial charge in [-0.2, -0.15) is 0 Å². The second kappa shape index (κ2) is 3.44. The Morgan fingerprint density at radius 2 is 2.31 bits per heavy atom. The molecule has 0 aromatic carbocycles. The standard InChI is InChI=1S/C9H7ClN2S/c1-6-2-3-11-4-7(6)9-12-8(10)5-13-9/h2-5H,1H3. The molecular formula is C9H7ClN2S. The lowest BCUT2D eigenvalue weighted by molar-refractivity contribution is 1.27. The quantitative estimate of drug-likeness (QED) is 0.723. The van der Waals surface area contributed by atoms with Gasteiger partial charge in [-0.15, -0.1) is 11.3 Å². The molecule has 0 spiro atoms. The van der Waals surface area contributed by atoms with E-state index in [-0.39, 0.29) is 0 Å². The van der Waals surface area contributed by atoms with Crippen molar-refractivity contribution in [2.75, 3.05) is 0 Å². The maximum Gasteiger partial charge on any atom is 0.140 e. The fourth-order valence-electron chi connectivity index (χ4n) is 1.07. The molecule has 0 saturated heterocycles. The van der Waals surface area contributed by atoms with Gasteiger partial charge >= 0.3 is 0 Å². The Morgan fingerprint density at radius 3 is 2.92 bits per heavy atom. The Morgan fingerprint density at radius 1 is 1.46 bits per heavy atom. The van der Waals surface area contributed by atoms with Crippen LogP contribution in [-0.4, -0.2) is 9.97 Å². The SMILES string of the molecule is Cc1ccncc1-c1nc(Cl)cs1. The van der Waals surface area contributed by atoms with Gasteiger partial charge in [0.15, 0.2) is 0 Å². The van der Waals surface area contributed by atoms with Crippen LogP contribution < -0.4 is 0 Å². The Bertz CT molecular complexity index is 425. The molecule has 0 aliphatic carbocycles. The van der Waals surface area contributed by atoms with E-state index in [1.165, 1.54) is 16.9 Å². The molecule has 0 aliphatic heterocycles. The lowest BCUT2D eigenvalue weighted by Crippen LogP contribution is -1.82. The van der Waals surface area contributed by atoms with Crippen molar-refractivity contribution in [3.63, 3.8) is 0 Å². The van der Waals surface area contributed by atoms with Crippen LogP contribution in [0.25, 0.3) is 10.6 Å². The summed E-state index contributed by atoms with van der Waals surface area (Å²) in [6.07, 6.45) is 3.58. The Kier molecular flexibility index (Phi) is 2.29. The van der Waals surface area contributed by atoms with E-state index in [2.05, 4.69) is 9.97 Å². The minimum absolute atomic E-state index is 0.545. The predicted octanol–water partition coefficient (Wildman–Crippen LogP) is 3.17. The monoisotopic (exact) mass is 210 g/mol. The smallest absolute Gasteiger partial charge is 0.140 e. The fourth-order valence-corrected chi connectivity index (χ4v) is 2.09. The van der Waals surface area contributed by atoms with Gasteiger partial charge in [0.2, 0.25) is 0 Å². The predicted molar refractivity (Wildman–Crippen MR) is 55.1 cm³/mol. The molecule has 13 heavy (non-hydrogen) atoms. The van der Waals surface area contributed by atoms with E-state index < -0.39 is 0 Å². The molecule has 0 atom stereocenters. The number of aryl methyl sites for hydroxylation is 1. The van der Waals surface area contributed by atoms with Crippen LogP contribution in [0, 0.1) is 6.92 Å². The Labute approximate surface area is 85.2 Å². The summed E-state index contributed by atoms with van der Waals surface area (Å²) in [5.74, 6) is 0. The molecule has 4 heteroatoms. The number of rotatable bonds is 1. The first-order chi connectivity index (χ1) is 6.27. The van der Waals surface area contributed by atoms with E-state index in [0.29, 0.717) is 5.15 Å². The zero-order valence-corrected chi connectivity index (χ0v) is 8.56. The van der Waals surface area contributed by atoms with Crippen molar-refractivity contribution in [1.29, 1.82) is 0 Å². The van der Waals surface area contributed by atoms with E-state index in [1.807, 2.05) is 24.6 Å². The van der Waals surface area contributed by atoms with Crippen LogP contribution >= 0.6 is 22.9 Å². The molecular weight excluding hydrogens is 204 g/mol. The second-order valence-electron chi connectivity index (χ2n) is 2.67. The van der Waals surface area contributed by atoms with E-state index in [4.69, 9.17) is 11.6 Å². The minimum atomic E-state index is 0.545. The molecule has 0 amide bonds. The third-order valence-electron chi connectivity index (χ3n) is 1.75. The molecule has 2 nitrogen and oxygen atoms in total. The van der Waals surface area contributed by atoms with Crippen LogP contribution in [0.4, 0.5) is 0 Å². The zero-order chi connectivity index (χ0) is 9.26. The highest BCUT2D eigenvalue weighted by Gasteiger charge is 2.05. The van der Waals surface area contributed by atoms with Gasteiger partial charge in [0.25, 0.3) is 0 Å². The van der Waals surface area contributed by atoms with Crippen molar-refractivity contribution in [2.45, 2.75) is 6.92 Å². The lowest BCUT2D eigenvalue weighted by Gasteiger charge is -1.98. The van der Waals surface area contributed by atoms with Crippen molar-refractivity contribution in [2.24, 2.45) is 0 Å². The third-order valence-corrected chi connectivity index (χ3v) is 2.94. The average Bonchev–Trinajstić information content (AvgIpc) is 2.53. The van der Waals surface area contributed by atoms with E-state index >= 15 is 0 Å².